The first-order chi connectivity index (χ1) is 11.2. The molecule has 0 rings (SSSR count). The molecule has 0 aromatic rings. The molecular formula is C23H42O. The summed E-state index contributed by atoms with van der Waals surface area (Å²) in [5, 5.41) is 0. The van der Waals surface area contributed by atoms with E-state index in [1.54, 1.807) is 6.92 Å². The third-order valence-corrected chi connectivity index (χ3v) is 4.68. The number of hydrogen-bond donors (Lipinski definition) is 0. The Kier molecular flexibility index (Phi) is 12.1. The average molecular weight is 335 g/mol. The minimum atomic E-state index is 0.284. The predicted octanol–water partition coefficient (Wildman–Crippen LogP) is 7.66. The van der Waals surface area contributed by atoms with Crippen LogP contribution in [-0.4, -0.2) is 5.78 Å². The summed E-state index contributed by atoms with van der Waals surface area (Å²) in [6.07, 6.45) is 21.1. The quantitative estimate of drug-likeness (QED) is 0.235. The molecule has 140 valence electrons. The largest absolute Gasteiger partial charge is 0.300 e. The summed E-state index contributed by atoms with van der Waals surface area (Å²) in [4.78, 5) is 10.9. The molecule has 0 N–H and O–H groups in total. The van der Waals surface area contributed by atoms with Crippen molar-refractivity contribution in [2.75, 3.05) is 0 Å². The summed E-state index contributed by atoms with van der Waals surface area (Å²) in [6.45, 7) is 13.3. The van der Waals surface area contributed by atoms with Crippen molar-refractivity contribution in [3.63, 3.8) is 0 Å². The molecule has 0 amide bonds. The first-order valence-electron chi connectivity index (χ1n) is 10.0. The summed E-state index contributed by atoms with van der Waals surface area (Å²) in [5.41, 5.74) is 0.616. The molecule has 0 heterocycles. The van der Waals surface area contributed by atoms with E-state index in [-0.39, 0.29) is 5.41 Å². The Bertz CT molecular complexity index is 385. The first kappa shape index (κ1) is 23.1. The van der Waals surface area contributed by atoms with Crippen LogP contribution < -0.4 is 0 Å². The van der Waals surface area contributed by atoms with E-state index in [9.17, 15) is 4.79 Å². The Morgan fingerprint density at radius 3 is 1.79 bits per heavy atom. The fourth-order valence-corrected chi connectivity index (χ4v) is 2.96. The summed E-state index contributed by atoms with van der Waals surface area (Å²) in [6, 6.07) is 0. The fourth-order valence-electron chi connectivity index (χ4n) is 2.96. The second kappa shape index (κ2) is 12.5. The lowest BCUT2D eigenvalue weighted by Crippen LogP contribution is -2.07. The van der Waals surface area contributed by atoms with Crippen LogP contribution in [-0.2, 0) is 4.79 Å². The molecule has 24 heavy (non-hydrogen) atoms. The van der Waals surface area contributed by atoms with Gasteiger partial charge in [0, 0.05) is 6.42 Å². The highest BCUT2D eigenvalue weighted by Gasteiger charge is 2.13. The van der Waals surface area contributed by atoms with Crippen LogP contribution in [0.1, 0.15) is 106 Å². The van der Waals surface area contributed by atoms with Crippen LogP contribution in [0.3, 0.4) is 0 Å². The van der Waals surface area contributed by atoms with E-state index >= 15 is 0 Å². The molecule has 0 saturated heterocycles. The molecule has 0 saturated carbocycles. The zero-order valence-electron chi connectivity index (χ0n) is 17.3. The van der Waals surface area contributed by atoms with Crippen LogP contribution in [0.5, 0.6) is 0 Å². The zero-order chi connectivity index (χ0) is 18.5. The first-order valence-corrected chi connectivity index (χ1v) is 10.0. The molecule has 0 unspecified atom stereocenters. The summed E-state index contributed by atoms with van der Waals surface area (Å²) >= 11 is 0. The lowest BCUT2D eigenvalue weighted by molar-refractivity contribution is -0.117. The van der Waals surface area contributed by atoms with E-state index in [1.165, 1.54) is 44.9 Å². The smallest absolute Gasteiger partial charge is 0.129 e. The highest BCUT2D eigenvalue weighted by molar-refractivity contribution is 5.75. The number of carbonyl (C=O) groups is 1. The summed E-state index contributed by atoms with van der Waals surface area (Å²) < 4.78 is 0. The summed E-state index contributed by atoms with van der Waals surface area (Å²) in [5.74, 6) is 0.323. The maximum Gasteiger partial charge on any atom is 0.129 e. The molecule has 0 aromatic heterocycles. The molecule has 0 aliphatic rings. The molecule has 0 aliphatic carbocycles. The van der Waals surface area contributed by atoms with Gasteiger partial charge in [-0.2, -0.15) is 0 Å². The zero-order valence-corrected chi connectivity index (χ0v) is 17.3. The van der Waals surface area contributed by atoms with E-state index in [0.717, 1.165) is 19.3 Å². The molecular weight excluding hydrogens is 292 g/mol. The minimum absolute atomic E-state index is 0.284. The normalized spacial score (nSPS) is 13.2. The van der Waals surface area contributed by atoms with Gasteiger partial charge in [0.05, 0.1) is 0 Å². The number of ketones is 1. The van der Waals surface area contributed by atoms with Crippen molar-refractivity contribution in [3.8, 4) is 0 Å². The van der Waals surface area contributed by atoms with E-state index in [2.05, 4.69) is 58.9 Å². The van der Waals surface area contributed by atoms with Gasteiger partial charge in [-0.05, 0) is 43.4 Å². The summed E-state index contributed by atoms with van der Waals surface area (Å²) in [7, 11) is 0. The highest BCUT2D eigenvalue weighted by Crippen LogP contribution is 2.27. The minimum Gasteiger partial charge on any atom is -0.300 e. The Morgan fingerprint density at radius 1 is 0.792 bits per heavy atom. The van der Waals surface area contributed by atoms with Crippen LogP contribution in [0.15, 0.2) is 24.3 Å². The number of hydrogen-bond acceptors (Lipinski definition) is 1. The van der Waals surface area contributed by atoms with Crippen molar-refractivity contribution >= 4 is 5.78 Å². The van der Waals surface area contributed by atoms with Crippen molar-refractivity contribution in [2.24, 2.45) is 10.8 Å². The fraction of sp³-hybridized carbons (Fsp3) is 0.783. The lowest BCUT2D eigenvalue weighted by atomic mass is 9.85. The molecule has 0 aromatic carbocycles. The average Bonchev–Trinajstić information content (AvgIpc) is 2.48. The Balaban J connectivity index is 3.95. The number of carbonyl (C=O) groups excluding carboxylic acids is 1. The third kappa shape index (κ3) is 14.7. The van der Waals surface area contributed by atoms with Crippen LogP contribution >= 0.6 is 0 Å². The van der Waals surface area contributed by atoms with Crippen molar-refractivity contribution in [2.45, 2.75) is 106 Å². The van der Waals surface area contributed by atoms with Crippen LogP contribution in [0.25, 0.3) is 0 Å². The molecule has 0 fully saturated rings. The second-order valence-corrected chi connectivity index (χ2v) is 8.74. The third-order valence-electron chi connectivity index (χ3n) is 4.68. The highest BCUT2D eigenvalue weighted by atomic mass is 16.1. The molecule has 0 spiro atoms. The molecule has 0 aliphatic heterocycles. The van der Waals surface area contributed by atoms with E-state index in [1.807, 2.05) is 0 Å². The van der Waals surface area contributed by atoms with E-state index < -0.39 is 0 Å². The van der Waals surface area contributed by atoms with Gasteiger partial charge >= 0.3 is 0 Å². The van der Waals surface area contributed by atoms with E-state index in [0.29, 0.717) is 11.2 Å². The standard InChI is InChI=1S/C23H42O/c1-7-8-17-22(3,4)19-14-11-15-20-23(5,6)18-13-10-9-12-16-21(2)24/h14-15,19-20H,7-13,16-18H2,1-6H3/b19-14-,20-15-. The van der Waals surface area contributed by atoms with Crippen LogP contribution in [0.4, 0.5) is 0 Å². The van der Waals surface area contributed by atoms with Crippen molar-refractivity contribution in [1.29, 1.82) is 0 Å². The maximum absolute atomic E-state index is 10.9. The van der Waals surface area contributed by atoms with Crippen LogP contribution in [0, 0.1) is 10.8 Å². The van der Waals surface area contributed by atoms with Gasteiger partial charge in [-0.1, -0.05) is 91.0 Å². The number of rotatable bonds is 14. The predicted molar refractivity (Wildman–Crippen MR) is 108 cm³/mol. The Morgan fingerprint density at radius 2 is 1.29 bits per heavy atom. The lowest BCUT2D eigenvalue weighted by Gasteiger charge is -2.20. The van der Waals surface area contributed by atoms with Gasteiger partial charge in [-0.3, -0.25) is 0 Å². The maximum atomic E-state index is 10.9. The van der Waals surface area contributed by atoms with Gasteiger partial charge in [0.2, 0.25) is 0 Å². The molecule has 0 radical (unpaired) electrons. The van der Waals surface area contributed by atoms with E-state index in [4.69, 9.17) is 0 Å². The Hall–Kier alpha value is -0.850. The topological polar surface area (TPSA) is 17.1 Å². The van der Waals surface area contributed by atoms with Gasteiger partial charge in [-0.15, -0.1) is 0 Å². The van der Waals surface area contributed by atoms with Crippen molar-refractivity contribution in [3.05, 3.63) is 24.3 Å². The van der Waals surface area contributed by atoms with Gasteiger partial charge < -0.3 is 4.79 Å². The number of Topliss-reactive ketones (excluding diaryl/α,β-unsaturated/α-hetero) is 1. The molecule has 1 nitrogen and oxygen atoms in total. The molecule has 1 heteroatoms. The second-order valence-electron chi connectivity index (χ2n) is 8.74. The van der Waals surface area contributed by atoms with Crippen molar-refractivity contribution in [1.82, 2.24) is 0 Å². The number of allylic oxidation sites excluding steroid dienone is 4. The van der Waals surface area contributed by atoms with Gasteiger partial charge in [-0.25, -0.2) is 0 Å². The van der Waals surface area contributed by atoms with Gasteiger partial charge in [0.1, 0.15) is 5.78 Å². The van der Waals surface area contributed by atoms with Gasteiger partial charge in [0.15, 0.2) is 0 Å². The molecule has 0 atom stereocenters. The molecule has 0 bridgehead atoms. The monoisotopic (exact) mass is 334 g/mol. The van der Waals surface area contributed by atoms with Crippen LogP contribution in [0.2, 0.25) is 0 Å². The SMILES string of the molecule is CCCCC(C)(C)/C=C\C/C=C\C(C)(C)CCCCCCC(C)=O. The Labute approximate surface area is 152 Å². The van der Waals surface area contributed by atoms with Gasteiger partial charge in [0.25, 0.3) is 0 Å². The van der Waals surface area contributed by atoms with Crippen molar-refractivity contribution < 1.29 is 4.79 Å². The number of unbranched alkanes of at least 4 members (excludes halogenated alkanes) is 4.